The zero-order chi connectivity index (χ0) is 51.8. The van der Waals surface area contributed by atoms with Crippen LogP contribution in [-0.2, 0) is 28.6 Å². The molecule has 0 N–H and O–H groups in total. The normalized spacial score (nSPS) is 12.4. The molecule has 0 aliphatic carbocycles. The molecule has 1 unspecified atom stereocenters. The topological polar surface area (TPSA) is 78.9 Å². The van der Waals surface area contributed by atoms with Gasteiger partial charge in [0.1, 0.15) is 13.2 Å². The standard InChI is InChI=1S/C65H126O6/c1-6-8-9-10-11-12-13-14-25-30-35-40-45-50-55-63(66)69-58-62(71-65(68)57-52-47-42-37-32-27-22-21-23-28-33-38-43-48-53-60(3)4)59-70-64(67)56-51-46-41-36-31-26-20-18-16-15-17-19-24-29-34-39-44-49-54-61(5)7-2/h60-62H,6-59H2,1-5H3/t61?,62-/m0/s1. The Balaban J connectivity index is 4.25. The van der Waals surface area contributed by atoms with E-state index in [-0.39, 0.29) is 31.1 Å². The predicted octanol–water partition coefficient (Wildman–Crippen LogP) is 21.6. The van der Waals surface area contributed by atoms with E-state index in [0.29, 0.717) is 19.3 Å². The molecule has 0 aromatic rings. The fraction of sp³-hybridized carbons (Fsp3) is 0.954. The summed E-state index contributed by atoms with van der Waals surface area (Å²) in [5.74, 6) is 0.923. The van der Waals surface area contributed by atoms with Crippen molar-refractivity contribution >= 4 is 17.9 Å². The first-order valence-corrected chi connectivity index (χ1v) is 32.3. The van der Waals surface area contributed by atoms with E-state index in [2.05, 4.69) is 34.6 Å². The second-order valence-corrected chi connectivity index (χ2v) is 23.1. The van der Waals surface area contributed by atoms with Gasteiger partial charge in [-0.15, -0.1) is 0 Å². The number of carbonyl (C=O) groups excluding carboxylic acids is 3. The van der Waals surface area contributed by atoms with E-state index < -0.39 is 6.10 Å². The lowest BCUT2D eigenvalue weighted by Gasteiger charge is -2.18. The van der Waals surface area contributed by atoms with Crippen LogP contribution in [0, 0.1) is 11.8 Å². The first kappa shape index (κ1) is 69.4. The highest BCUT2D eigenvalue weighted by Crippen LogP contribution is 2.19. The van der Waals surface area contributed by atoms with Crippen molar-refractivity contribution in [3.63, 3.8) is 0 Å². The largest absolute Gasteiger partial charge is 0.462 e. The van der Waals surface area contributed by atoms with E-state index in [0.717, 1.165) is 69.6 Å². The molecule has 6 heteroatoms. The molecule has 0 spiro atoms. The molecular weight excluding hydrogens is 877 g/mol. The minimum atomic E-state index is -0.763. The van der Waals surface area contributed by atoms with Crippen LogP contribution in [0.2, 0.25) is 0 Å². The summed E-state index contributed by atoms with van der Waals surface area (Å²) in [6.45, 7) is 11.5. The molecule has 71 heavy (non-hydrogen) atoms. The Kier molecular flexibility index (Phi) is 56.4. The van der Waals surface area contributed by atoms with Gasteiger partial charge in [0.2, 0.25) is 0 Å². The van der Waals surface area contributed by atoms with E-state index in [1.54, 1.807) is 0 Å². The van der Waals surface area contributed by atoms with Crippen molar-refractivity contribution in [2.75, 3.05) is 13.2 Å². The SMILES string of the molecule is CCCCCCCCCCCCCCCCC(=O)OC[C@@H](COC(=O)CCCCCCCCCCCCCCCCCCCCC(C)CC)OC(=O)CCCCCCCCCCCCCCCCC(C)C. The number of carbonyl (C=O) groups is 3. The van der Waals surface area contributed by atoms with Crippen LogP contribution in [-0.4, -0.2) is 37.2 Å². The summed E-state index contributed by atoms with van der Waals surface area (Å²) in [4.78, 5) is 38.3. The number of hydrogen-bond donors (Lipinski definition) is 0. The predicted molar refractivity (Wildman–Crippen MR) is 307 cm³/mol. The molecular formula is C65H126O6. The smallest absolute Gasteiger partial charge is 0.306 e. The quantitative estimate of drug-likeness (QED) is 0.0343. The van der Waals surface area contributed by atoms with Gasteiger partial charge in [0.15, 0.2) is 6.10 Å². The summed E-state index contributed by atoms with van der Waals surface area (Å²) >= 11 is 0. The van der Waals surface area contributed by atoms with Gasteiger partial charge >= 0.3 is 17.9 Å². The Labute approximate surface area is 444 Å². The molecule has 0 aromatic carbocycles. The Morgan fingerprint density at radius 1 is 0.296 bits per heavy atom. The van der Waals surface area contributed by atoms with Gasteiger partial charge in [-0.1, -0.05) is 330 Å². The minimum absolute atomic E-state index is 0.0618. The second-order valence-electron chi connectivity index (χ2n) is 23.1. The van der Waals surface area contributed by atoms with Gasteiger partial charge < -0.3 is 14.2 Å². The lowest BCUT2D eigenvalue weighted by atomic mass is 9.99. The van der Waals surface area contributed by atoms with Crippen LogP contribution in [0.5, 0.6) is 0 Å². The van der Waals surface area contributed by atoms with Crippen LogP contribution in [0.4, 0.5) is 0 Å². The highest BCUT2D eigenvalue weighted by molar-refractivity contribution is 5.71. The molecule has 2 atom stereocenters. The highest BCUT2D eigenvalue weighted by Gasteiger charge is 2.19. The monoisotopic (exact) mass is 1000 g/mol. The third kappa shape index (κ3) is 57.5. The first-order chi connectivity index (χ1) is 34.8. The van der Waals surface area contributed by atoms with E-state index in [1.165, 1.54) is 257 Å². The summed E-state index contributed by atoms with van der Waals surface area (Å²) in [7, 11) is 0. The molecule has 0 heterocycles. The van der Waals surface area contributed by atoms with Crippen LogP contribution in [0.3, 0.4) is 0 Å². The van der Waals surface area contributed by atoms with Gasteiger partial charge in [0.05, 0.1) is 0 Å². The van der Waals surface area contributed by atoms with Gasteiger partial charge in [-0.25, -0.2) is 0 Å². The molecule has 0 amide bonds. The van der Waals surface area contributed by atoms with Crippen molar-refractivity contribution in [2.45, 2.75) is 375 Å². The van der Waals surface area contributed by atoms with Gasteiger partial charge in [0.25, 0.3) is 0 Å². The van der Waals surface area contributed by atoms with Crippen molar-refractivity contribution in [2.24, 2.45) is 11.8 Å². The number of esters is 3. The number of unbranched alkanes of at least 4 members (excludes halogenated alkanes) is 43. The van der Waals surface area contributed by atoms with Crippen LogP contribution >= 0.6 is 0 Å². The van der Waals surface area contributed by atoms with Gasteiger partial charge in [-0.2, -0.15) is 0 Å². The Bertz CT molecular complexity index is 1090. The Hall–Kier alpha value is -1.59. The number of rotatable bonds is 59. The molecule has 422 valence electrons. The maximum Gasteiger partial charge on any atom is 0.306 e. The number of ether oxygens (including phenoxy) is 3. The number of hydrogen-bond acceptors (Lipinski definition) is 6. The maximum atomic E-state index is 12.9. The molecule has 0 radical (unpaired) electrons. The molecule has 0 saturated heterocycles. The maximum absolute atomic E-state index is 12.9. The van der Waals surface area contributed by atoms with Crippen LogP contribution in [0.25, 0.3) is 0 Å². The molecule has 0 aromatic heterocycles. The van der Waals surface area contributed by atoms with E-state index in [1.807, 2.05) is 0 Å². The molecule has 0 saturated carbocycles. The molecule has 0 rings (SSSR count). The van der Waals surface area contributed by atoms with Crippen LogP contribution in [0.1, 0.15) is 369 Å². The third-order valence-corrected chi connectivity index (χ3v) is 15.3. The van der Waals surface area contributed by atoms with Gasteiger partial charge in [-0.3, -0.25) is 14.4 Å². The summed E-state index contributed by atoms with van der Waals surface area (Å²) < 4.78 is 17.0. The van der Waals surface area contributed by atoms with Crippen molar-refractivity contribution in [1.82, 2.24) is 0 Å². The van der Waals surface area contributed by atoms with Crippen molar-refractivity contribution in [3.8, 4) is 0 Å². The highest BCUT2D eigenvalue weighted by atomic mass is 16.6. The van der Waals surface area contributed by atoms with Crippen molar-refractivity contribution < 1.29 is 28.6 Å². The fourth-order valence-corrected chi connectivity index (χ4v) is 10.1. The zero-order valence-electron chi connectivity index (χ0n) is 48.9. The summed E-state index contributed by atoms with van der Waals surface area (Å²) in [6, 6.07) is 0. The molecule has 0 bridgehead atoms. The first-order valence-electron chi connectivity index (χ1n) is 32.3. The zero-order valence-corrected chi connectivity index (χ0v) is 48.9. The summed E-state index contributed by atoms with van der Waals surface area (Å²) in [5.41, 5.74) is 0. The molecule has 6 nitrogen and oxygen atoms in total. The second kappa shape index (κ2) is 57.7. The van der Waals surface area contributed by atoms with Crippen molar-refractivity contribution in [1.29, 1.82) is 0 Å². The molecule has 0 aliphatic rings. The average molecular weight is 1000 g/mol. The lowest BCUT2D eigenvalue weighted by molar-refractivity contribution is -0.167. The van der Waals surface area contributed by atoms with Gasteiger partial charge in [-0.05, 0) is 31.1 Å². The van der Waals surface area contributed by atoms with E-state index >= 15 is 0 Å². The Morgan fingerprint density at radius 3 is 0.803 bits per heavy atom. The minimum Gasteiger partial charge on any atom is -0.462 e. The van der Waals surface area contributed by atoms with Crippen LogP contribution < -0.4 is 0 Å². The summed E-state index contributed by atoms with van der Waals surface area (Å²) in [6.07, 6.45) is 63.8. The Morgan fingerprint density at radius 2 is 0.535 bits per heavy atom. The molecule has 0 aliphatic heterocycles. The molecule has 0 fully saturated rings. The lowest BCUT2D eigenvalue weighted by Crippen LogP contribution is -2.30. The van der Waals surface area contributed by atoms with E-state index in [9.17, 15) is 14.4 Å². The van der Waals surface area contributed by atoms with Crippen LogP contribution in [0.15, 0.2) is 0 Å². The van der Waals surface area contributed by atoms with E-state index in [4.69, 9.17) is 14.2 Å². The van der Waals surface area contributed by atoms with Crippen molar-refractivity contribution in [3.05, 3.63) is 0 Å². The van der Waals surface area contributed by atoms with Gasteiger partial charge in [0, 0.05) is 19.3 Å². The fourth-order valence-electron chi connectivity index (χ4n) is 10.1. The summed E-state index contributed by atoms with van der Waals surface area (Å²) in [5, 5.41) is 0. The average Bonchev–Trinajstić information content (AvgIpc) is 3.36. The third-order valence-electron chi connectivity index (χ3n) is 15.3.